The molecule has 2 aromatic heterocycles. The average Bonchev–Trinajstić information content (AvgIpc) is 2.83. The van der Waals surface area contributed by atoms with Crippen LogP contribution in [0.4, 0.5) is 5.82 Å². The van der Waals surface area contributed by atoms with Crippen LogP contribution in [0.1, 0.15) is 0 Å². The van der Waals surface area contributed by atoms with Crippen molar-refractivity contribution in [3.8, 4) is 0 Å². The van der Waals surface area contributed by atoms with E-state index in [1.807, 2.05) is 0 Å². The topological polar surface area (TPSA) is 103 Å². The smallest absolute Gasteiger partial charge is 0.261 e. The monoisotopic (exact) mass is 290 g/mol. The van der Waals surface area contributed by atoms with E-state index in [0.29, 0.717) is 10.9 Å². The van der Waals surface area contributed by atoms with E-state index in [-0.39, 0.29) is 10.7 Å². The Bertz CT molecular complexity index is 873. The molecular weight excluding hydrogens is 280 g/mol. The second kappa shape index (κ2) is 4.53. The number of rotatable bonds is 3. The SMILES string of the molecule is Cn1cc(NS(=O)(=O)c2ccc3ncncc3c2)nn1. The normalized spacial score (nSPS) is 11.7. The molecule has 0 aliphatic heterocycles. The summed E-state index contributed by atoms with van der Waals surface area (Å²) in [6, 6.07) is 4.62. The van der Waals surface area contributed by atoms with E-state index in [1.165, 1.54) is 29.3 Å². The minimum absolute atomic E-state index is 0.116. The standard InChI is InChI=1S/C11H10N6O2S/c1-17-6-11(14-16-17)15-20(18,19)9-2-3-10-8(4-9)5-12-7-13-10/h2-7,15H,1H3. The van der Waals surface area contributed by atoms with Crippen LogP contribution in [0.3, 0.4) is 0 Å². The first-order valence-electron chi connectivity index (χ1n) is 5.63. The molecule has 3 aromatic rings. The van der Waals surface area contributed by atoms with Gasteiger partial charge in [-0.3, -0.25) is 9.40 Å². The number of aromatic nitrogens is 5. The van der Waals surface area contributed by atoms with Gasteiger partial charge in [0.05, 0.1) is 16.6 Å². The van der Waals surface area contributed by atoms with Gasteiger partial charge in [-0.1, -0.05) is 5.21 Å². The number of nitrogens with one attached hydrogen (secondary N) is 1. The number of anilines is 1. The highest BCUT2D eigenvalue weighted by atomic mass is 32.2. The van der Waals surface area contributed by atoms with E-state index in [0.717, 1.165) is 0 Å². The zero-order valence-corrected chi connectivity index (χ0v) is 11.2. The molecule has 0 unspecified atom stereocenters. The van der Waals surface area contributed by atoms with Gasteiger partial charge in [-0.15, -0.1) is 5.10 Å². The molecule has 0 saturated carbocycles. The highest BCUT2D eigenvalue weighted by Gasteiger charge is 2.16. The summed E-state index contributed by atoms with van der Waals surface area (Å²) < 4.78 is 28.2. The van der Waals surface area contributed by atoms with Crippen molar-refractivity contribution in [2.45, 2.75) is 4.90 Å². The molecule has 9 heteroatoms. The second-order valence-corrected chi connectivity index (χ2v) is 5.81. The van der Waals surface area contributed by atoms with E-state index in [1.54, 1.807) is 19.3 Å². The van der Waals surface area contributed by atoms with Crippen LogP contribution in [-0.4, -0.2) is 33.4 Å². The van der Waals surface area contributed by atoms with Crippen LogP contribution < -0.4 is 4.72 Å². The molecule has 3 rings (SSSR count). The predicted molar refractivity (Wildman–Crippen MR) is 71.3 cm³/mol. The highest BCUT2D eigenvalue weighted by molar-refractivity contribution is 7.92. The molecule has 1 aromatic carbocycles. The molecule has 0 radical (unpaired) electrons. The van der Waals surface area contributed by atoms with Crippen molar-refractivity contribution >= 4 is 26.7 Å². The molecule has 2 heterocycles. The molecule has 0 saturated heterocycles. The largest absolute Gasteiger partial charge is 0.263 e. The van der Waals surface area contributed by atoms with Crippen LogP contribution in [-0.2, 0) is 17.1 Å². The van der Waals surface area contributed by atoms with Gasteiger partial charge in [0.15, 0.2) is 5.82 Å². The zero-order valence-electron chi connectivity index (χ0n) is 10.4. The summed E-state index contributed by atoms with van der Waals surface area (Å²) in [5, 5.41) is 8.00. The average molecular weight is 290 g/mol. The maximum Gasteiger partial charge on any atom is 0.263 e. The van der Waals surface area contributed by atoms with Gasteiger partial charge in [-0.2, -0.15) is 0 Å². The first kappa shape index (κ1) is 12.5. The lowest BCUT2D eigenvalue weighted by Crippen LogP contribution is -2.13. The van der Waals surface area contributed by atoms with Crippen molar-refractivity contribution in [3.05, 3.63) is 36.9 Å². The summed E-state index contributed by atoms with van der Waals surface area (Å²) in [5.74, 6) is 0.164. The summed E-state index contributed by atoms with van der Waals surface area (Å²) in [4.78, 5) is 8.03. The van der Waals surface area contributed by atoms with Gasteiger partial charge in [-0.25, -0.2) is 18.4 Å². The molecule has 0 aliphatic rings. The minimum Gasteiger partial charge on any atom is -0.261 e. The summed E-state index contributed by atoms with van der Waals surface area (Å²) in [7, 11) is -2.06. The zero-order chi connectivity index (χ0) is 14.2. The van der Waals surface area contributed by atoms with Gasteiger partial charge in [0.25, 0.3) is 10.0 Å². The van der Waals surface area contributed by atoms with Crippen LogP contribution in [0.2, 0.25) is 0 Å². The number of sulfonamides is 1. The summed E-state index contributed by atoms with van der Waals surface area (Å²) in [6.07, 6.45) is 4.44. The maximum absolute atomic E-state index is 12.2. The van der Waals surface area contributed by atoms with Crippen molar-refractivity contribution in [1.82, 2.24) is 25.0 Å². The number of nitrogens with zero attached hydrogens (tertiary/aromatic N) is 5. The fourth-order valence-electron chi connectivity index (χ4n) is 1.72. The molecule has 20 heavy (non-hydrogen) atoms. The lowest BCUT2D eigenvalue weighted by Gasteiger charge is -2.05. The molecule has 102 valence electrons. The van der Waals surface area contributed by atoms with Crippen LogP contribution >= 0.6 is 0 Å². The van der Waals surface area contributed by atoms with Crippen LogP contribution in [0.15, 0.2) is 41.8 Å². The number of fused-ring (bicyclic) bond motifs is 1. The van der Waals surface area contributed by atoms with Crippen LogP contribution in [0.5, 0.6) is 0 Å². The van der Waals surface area contributed by atoms with Crippen molar-refractivity contribution in [3.63, 3.8) is 0 Å². The lowest BCUT2D eigenvalue weighted by molar-refractivity contribution is 0.601. The number of aryl methyl sites for hydroxylation is 1. The number of hydrogen-bond donors (Lipinski definition) is 1. The summed E-state index contributed by atoms with van der Waals surface area (Å²) in [6.45, 7) is 0. The Hall–Kier alpha value is -2.55. The van der Waals surface area contributed by atoms with E-state index in [4.69, 9.17) is 0 Å². The highest BCUT2D eigenvalue weighted by Crippen LogP contribution is 2.18. The van der Waals surface area contributed by atoms with Gasteiger partial charge in [-0.05, 0) is 18.2 Å². The van der Waals surface area contributed by atoms with Gasteiger partial charge >= 0.3 is 0 Å². The molecule has 0 bridgehead atoms. The van der Waals surface area contributed by atoms with Gasteiger partial charge in [0.1, 0.15) is 6.33 Å². The Morgan fingerprint density at radius 1 is 1.30 bits per heavy atom. The first-order chi connectivity index (χ1) is 9.54. The molecule has 1 N–H and O–H groups in total. The van der Waals surface area contributed by atoms with Crippen LogP contribution in [0, 0.1) is 0 Å². The summed E-state index contributed by atoms with van der Waals surface area (Å²) in [5.41, 5.74) is 0.679. The van der Waals surface area contributed by atoms with Gasteiger partial charge in [0.2, 0.25) is 0 Å². The Morgan fingerprint density at radius 3 is 2.90 bits per heavy atom. The van der Waals surface area contributed by atoms with E-state index < -0.39 is 10.0 Å². The predicted octanol–water partition coefficient (Wildman–Crippen LogP) is 0.559. The molecule has 0 spiro atoms. The van der Waals surface area contributed by atoms with Crippen molar-refractivity contribution in [2.75, 3.05) is 4.72 Å². The molecule has 8 nitrogen and oxygen atoms in total. The minimum atomic E-state index is -3.71. The fourth-order valence-corrected chi connectivity index (χ4v) is 2.74. The maximum atomic E-state index is 12.2. The van der Waals surface area contributed by atoms with Gasteiger partial charge < -0.3 is 0 Å². The number of hydrogen-bond acceptors (Lipinski definition) is 6. The quantitative estimate of drug-likeness (QED) is 0.756. The Balaban J connectivity index is 2.00. The fraction of sp³-hybridized carbons (Fsp3) is 0.0909. The van der Waals surface area contributed by atoms with Crippen LogP contribution in [0.25, 0.3) is 10.9 Å². The van der Waals surface area contributed by atoms with E-state index >= 15 is 0 Å². The third kappa shape index (κ3) is 2.30. The van der Waals surface area contributed by atoms with Gasteiger partial charge in [0, 0.05) is 18.6 Å². The second-order valence-electron chi connectivity index (χ2n) is 4.13. The van der Waals surface area contributed by atoms with Crippen molar-refractivity contribution in [2.24, 2.45) is 7.05 Å². The third-order valence-corrected chi connectivity index (χ3v) is 3.98. The lowest BCUT2D eigenvalue weighted by atomic mass is 10.2. The Kier molecular flexibility index (Phi) is 2.83. The van der Waals surface area contributed by atoms with Crippen molar-refractivity contribution in [1.29, 1.82) is 0 Å². The molecule has 0 aliphatic carbocycles. The van der Waals surface area contributed by atoms with E-state index in [2.05, 4.69) is 25.0 Å². The number of benzene rings is 1. The Labute approximate surface area is 114 Å². The molecule has 0 amide bonds. The third-order valence-electron chi connectivity index (χ3n) is 2.63. The molecular formula is C11H10N6O2S. The molecule has 0 fully saturated rings. The summed E-state index contributed by atoms with van der Waals surface area (Å²) >= 11 is 0. The van der Waals surface area contributed by atoms with Crippen molar-refractivity contribution < 1.29 is 8.42 Å². The van der Waals surface area contributed by atoms with E-state index in [9.17, 15) is 8.42 Å². The Morgan fingerprint density at radius 2 is 2.15 bits per heavy atom. The first-order valence-corrected chi connectivity index (χ1v) is 7.12. The molecule has 0 atom stereocenters.